The number of carbonyl (C=O) groups is 1. The number of amides is 1. The molecule has 0 aliphatic heterocycles. The van der Waals surface area contributed by atoms with Gasteiger partial charge in [-0.1, -0.05) is 35.5 Å². The normalized spacial score (nSPS) is 11.6. The van der Waals surface area contributed by atoms with Gasteiger partial charge in [-0.3, -0.25) is 4.79 Å². The Morgan fingerprint density at radius 1 is 1.17 bits per heavy atom. The van der Waals surface area contributed by atoms with Crippen molar-refractivity contribution in [3.8, 4) is 17.1 Å². The van der Waals surface area contributed by atoms with Crippen molar-refractivity contribution in [3.63, 3.8) is 0 Å². The third kappa shape index (κ3) is 4.11. The molecule has 0 saturated carbocycles. The van der Waals surface area contributed by atoms with Crippen molar-refractivity contribution < 1.29 is 14.1 Å². The van der Waals surface area contributed by atoms with Gasteiger partial charge in [0.15, 0.2) is 0 Å². The summed E-state index contributed by atoms with van der Waals surface area (Å²) in [6.07, 6.45) is 4.37. The van der Waals surface area contributed by atoms with Crippen LogP contribution in [0.5, 0.6) is 5.88 Å². The zero-order valence-electron chi connectivity index (χ0n) is 16.0. The summed E-state index contributed by atoms with van der Waals surface area (Å²) in [5.41, 5.74) is 14.2. The molecule has 8 heteroatoms. The van der Waals surface area contributed by atoms with Crippen molar-refractivity contribution in [2.45, 2.75) is 6.92 Å². The molecule has 29 heavy (non-hydrogen) atoms. The highest BCUT2D eigenvalue weighted by molar-refractivity contribution is 6.09. The molecule has 0 bridgehead atoms. The van der Waals surface area contributed by atoms with Crippen molar-refractivity contribution in [2.75, 3.05) is 12.4 Å². The molecule has 0 radical (unpaired) electrons. The molecule has 0 unspecified atom stereocenters. The third-order valence-electron chi connectivity index (χ3n) is 4.19. The Labute approximate surface area is 167 Å². The zero-order valence-corrected chi connectivity index (χ0v) is 16.0. The van der Waals surface area contributed by atoms with Crippen LogP contribution in [0.3, 0.4) is 0 Å². The number of ether oxygens (including phenoxy) is 1. The van der Waals surface area contributed by atoms with Gasteiger partial charge in [0.25, 0.3) is 5.91 Å². The molecule has 0 atom stereocenters. The molecule has 2 aromatic heterocycles. The number of pyridine rings is 1. The number of rotatable bonds is 6. The summed E-state index contributed by atoms with van der Waals surface area (Å²) in [4.78, 5) is 17.4. The summed E-state index contributed by atoms with van der Waals surface area (Å²) < 4.78 is 10.6. The van der Waals surface area contributed by atoms with E-state index in [-0.39, 0.29) is 11.8 Å². The van der Waals surface area contributed by atoms with Crippen LogP contribution in [0.25, 0.3) is 16.8 Å². The molecule has 3 aromatic rings. The first kappa shape index (κ1) is 19.7. The molecule has 0 spiro atoms. The molecule has 8 nitrogen and oxygen atoms in total. The predicted octanol–water partition coefficient (Wildman–Crippen LogP) is 3.08. The van der Waals surface area contributed by atoms with Gasteiger partial charge in [-0.25, -0.2) is 4.98 Å². The Kier molecular flexibility index (Phi) is 5.94. The predicted molar refractivity (Wildman–Crippen MR) is 111 cm³/mol. The molecule has 0 fully saturated rings. The summed E-state index contributed by atoms with van der Waals surface area (Å²) in [6.45, 7) is 1.68. The number of nitrogens with one attached hydrogen (secondary N) is 1. The van der Waals surface area contributed by atoms with Crippen LogP contribution in [0, 0.1) is 6.92 Å². The van der Waals surface area contributed by atoms with E-state index in [1.54, 1.807) is 25.1 Å². The van der Waals surface area contributed by atoms with E-state index in [0.29, 0.717) is 34.0 Å². The fraction of sp³-hybridized carbons (Fsp3) is 0.0952. The maximum atomic E-state index is 13.0. The topological polar surface area (TPSA) is 129 Å². The van der Waals surface area contributed by atoms with Crippen molar-refractivity contribution in [2.24, 2.45) is 11.5 Å². The number of methoxy groups -OCH3 is 1. The summed E-state index contributed by atoms with van der Waals surface area (Å²) in [7, 11) is 1.46. The highest BCUT2D eigenvalue weighted by Crippen LogP contribution is 2.29. The van der Waals surface area contributed by atoms with Gasteiger partial charge in [0, 0.05) is 17.3 Å². The van der Waals surface area contributed by atoms with Crippen LogP contribution in [-0.4, -0.2) is 23.2 Å². The molecule has 1 aromatic carbocycles. The monoisotopic (exact) mass is 391 g/mol. The number of hydrogen-bond acceptors (Lipinski definition) is 7. The van der Waals surface area contributed by atoms with Crippen molar-refractivity contribution in [3.05, 3.63) is 78.0 Å². The summed E-state index contributed by atoms with van der Waals surface area (Å²) in [6, 6.07) is 12.7. The van der Waals surface area contributed by atoms with Crippen LogP contribution in [0.1, 0.15) is 21.8 Å². The zero-order chi connectivity index (χ0) is 20.8. The first-order chi connectivity index (χ1) is 14.1. The Bertz CT molecular complexity index is 1070. The molecule has 5 N–H and O–H groups in total. The number of aromatic nitrogens is 2. The molecule has 0 aliphatic carbocycles. The van der Waals surface area contributed by atoms with Crippen LogP contribution >= 0.6 is 0 Å². The molecule has 2 heterocycles. The van der Waals surface area contributed by atoms with E-state index in [9.17, 15) is 4.79 Å². The minimum Gasteiger partial charge on any atom is -0.479 e. The number of hydrogen-bond donors (Lipinski definition) is 3. The first-order valence-electron chi connectivity index (χ1n) is 8.77. The van der Waals surface area contributed by atoms with E-state index in [4.69, 9.17) is 20.7 Å². The molecule has 0 aliphatic rings. The molecular formula is C21H21N5O3. The standard InChI is InChI=1S/C21H21N5O3/c1-13-18(19(26-29-13)14-6-4-3-5-7-14)20(27)24-17-9-8-16(25-21(17)28-2)15(12-23)10-11-22/h3-12H,22-23H2,1-2H3,(H,24,27)/b11-10-,15-12+. The smallest absolute Gasteiger partial charge is 0.261 e. The van der Waals surface area contributed by atoms with Crippen LogP contribution in [-0.2, 0) is 0 Å². The van der Waals surface area contributed by atoms with Gasteiger partial charge in [0.2, 0.25) is 5.88 Å². The van der Waals surface area contributed by atoms with E-state index in [0.717, 1.165) is 5.56 Å². The number of aryl methyl sites for hydroxylation is 1. The van der Waals surface area contributed by atoms with Gasteiger partial charge in [0.1, 0.15) is 22.7 Å². The van der Waals surface area contributed by atoms with Crippen LogP contribution in [0.15, 0.2) is 65.5 Å². The van der Waals surface area contributed by atoms with Gasteiger partial charge in [0.05, 0.1) is 12.8 Å². The lowest BCUT2D eigenvalue weighted by Crippen LogP contribution is -2.15. The minimum atomic E-state index is -0.383. The van der Waals surface area contributed by atoms with Gasteiger partial charge < -0.3 is 26.0 Å². The number of allylic oxidation sites excluding steroid dienone is 2. The fourth-order valence-corrected chi connectivity index (χ4v) is 2.80. The highest BCUT2D eigenvalue weighted by Gasteiger charge is 2.23. The molecule has 3 rings (SSSR count). The maximum absolute atomic E-state index is 13.0. The average Bonchev–Trinajstić information content (AvgIpc) is 3.14. The van der Waals surface area contributed by atoms with Crippen molar-refractivity contribution in [1.82, 2.24) is 10.1 Å². The summed E-state index contributed by atoms with van der Waals surface area (Å²) >= 11 is 0. The summed E-state index contributed by atoms with van der Waals surface area (Å²) in [5.74, 6) is 0.259. The fourth-order valence-electron chi connectivity index (χ4n) is 2.80. The Hall–Kier alpha value is -4.07. The second-order valence-electron chi connectivity index (χ2n) is 6.02. The quantitative estimate of drug-likeness (QED) is 0.551. The largest absolute Gasteiger partial charge is 0.479 e. The lowest BCUT2D eigenvalue weighted by atomic mass is 10.1. The lowest BCUT2D eigenvalue weighted by molar-refractivity contribution is 0.102. The van der Waals surface area contributed by atoms with Crippen LogP contribution in [0.4, 0.5) is 5.69 Å². The van der Waals surface area contributed by atoms with Crippen molar-refractivity contribution >= 4 is 17.2 Å². The minimum absolute atomic E-state index is 0.232. The number of carbonyl (C=O) groups excluding carboxylic acids is 1. The van der Waals surface area contributed by atoms with E-state index >= 15 is 0 Å². The third-order valence-corrected chi connectivity index (χ3v) is 4.19. The number of anilines is 1. The SMILES string of the molecule is COc1nc(C(/C=C\N)=C/N)ccc1NC(=O)c1c(-c2ccccc2)noc1C. The number of nitrogens with zero attached hydrogens (tertiary/aromatic N) is 2. The van der Waals surface area contributed by atoms with Gasteiger partial charge in [-0.2, -0.15) is 0 Å². The Morgan fingerprint density at radius 2 is 1.93 bits per heavy atom. The highest BCUT2D eigenvalue weighted by atomic mass is 16.5. The maximum Gasteiger partial charge on any atom is 0.261 e. The van der Waals surface area contributed by atoms with Crippen molar-refractivity contribution in [1.29, 1.82) is 0 Å². The second-order valence-corrected chi connectivity index (χ2v) is 6.02. The first-order valence-corrected chi connectivity index (χ1v) is 8.77. The van der Waals surface area contributed by atoms with Gasteiger partial charge in [-0.05, 0) is 31.3 Å². The Morgan fingerprint density at radius 3 is 2.59 bits per heavy atom. The van der Waals surface area contributed by atoms with Crippen LogP contribution in [0.2, 0.25) is 0 Å². The molecule has 0 saturated heterocycles. The molecule has 1 amide bonds. The Balaban J connectivity index is 1.93. The second kappa shape index (κ2) is 8.75. The average molecular weight is 391 g/mol. The van der Waals surface area contributed by atoms with E-state index in [2.05, 4.69) is 15.5 Å². The lowest BCUT2D eigenvalue weighted by Gasteiger charge is -2.11. The van der Waals surface area contributed by atoms with E-state index < -0.39 is 0 Å². The van der Waals surface area contributed by atoms with Gasteiger partial charge >= 0.3 is 0 Å². The number of nitrogens with two attached hydrogens (primary N) is 2. The summed E-state index contributed by atoms with van der Waals surface area (Å²) in [5, 5.41) is 6.85. The molecule has 148 valence electrons. The van der Waals surface area contributed by atoms with E-state index in [1.807, 2.05) is 30.3 Å². The van der Waals surface area contributed by atoms with Gasteiger partial charge in [-0.15, -0.1) is 0 Å². The van der Waals surface area contributed by atoms with E-state index in [1.165, 1.54) is 19.5 Å². The number of benzene rings is 1. The van der Waals surface area contributed by atoms with Crippen LogP contribution < -0.4 is 21.5 Å². The molecular weight excluding hydrogens is 370 g/mol.